The van der Waals surface area contributed by atoms with Gasteiger partial charge in [0.15, 0.2) is 0 Å². The van der Waals surface area contributed by atoms with Crippen LogP contribution in [-0.4, -0.2) is 12.3 Å². The van der Waals surface area contributed by atoms with Gasteiger partial charge in [-0.3, -0.25) is 0 Å². The quantitative estimate of drug-likeness (QED) is 0.623. The van der Waals surface area contributed by atoms with Gasteiger partial charge in [0, 0.05) is 5.02 Å². The molecular weight excluding hydrogens is 299 g/mol. The van der Waals surface area contributed by atoms with Crippen LogP contribution in [0.1, 0.15) is 37.8 Å². The van der Waals surface area contributed by atoms with Crippen LogP contribution in [-0.2, 0) is 6.42 Å². The van der Waals surface area contributed by atoms with E-state index in [9.17, 15) is 4.39 Å². The Kier molecular flexibility index (Phi) is 5.84. The molecule has 1 nitrogen and oxygen atoms in total. The fourth-order valence-corrected chi connectivity index (χ4v) is 2.43. The number of hydrogen-bond donors (Lipinski definition) is 0. The molecule has 22 heavy (non-hydrogen) atoms. The number of alkyl halides is 1. The third-order valence-electron chi connectivity index (χ3n) is 4.04. The molecule has 0 aliphatic carbocycles. The van der Waals surface area contributed by atoms with Crippen LogP contribution in [0.25, 0.3) is 0 Å². The van der Waals surface area contributed by atoms with Crippen molar-refractivity contribution in [1.82, 2.24) is 0 Å². The molecule has 0 fully saturated rings. The summed E-state index contributed by atoms with van der Waals surface area (Å²) in [6.45, 7) is 3.79. The molecule has 0 bridgehead atoms. The van der Waals surface area contributed by atoms with E-state index in [2.05, 4.69) is 0 Å². The van der Waals surface area contributed by atoms with Gasteiger partial charge < -0.3 is 4.74 Å². The number of benzene rings is 2. The third-order valence-corrected chi connectivity index (χ3v) is 4.41. The predicted molar refractivity (Wildman–Crippen MR) is 90.6 cm³/mol. The maximum absolute atomic E-state index is 14.2. The number of hydrogen-bond acceptors (Lipinski definition) is 1. The lowest BCUT2D eigenvalue weighted by atomic mass is 10.0. The summed E-state index contributed by atoms with van der Waals surface area (Å²) in [7, 11) is 0. The minimum absolute atomic E-state index is 0.101. The average Bonchev–Trinajstić information content (AvgIpc) is 2.56. The average molecular weight is 321 g/mol. The van der Waals surface area contributed by atoms with Gasteiger partial charge in [0.05, 0.1) is 0 Å². The maximum Gasteiger partial charge on any atom is 0.144 e. The van der Waals surface area contributed by atoms with Crippen molar-refractivity contribution in [2.75, 3.05) is 6.61 Å². The van der Waals surface area contributed by atoms with E-state index in [4.69, 9.17) is 16.3 Å². The highest BCUT2D eigenvalue weighted by Gasteiger charge is 2.25. The lowest BCUT2D eigenvalue weighted by molar-refractivity contribution is 0.0764. The highest BCUT2D eigenvalue weighted by atomic mass is 35.5. The van der Waals surface area contributed by atoms with E-state index in [-0.39, 0.29) is 6.61 Å². The Hall–Kier alpha value is -1.54. The standard InChI is InChI=1S/C19H22ClFO/c1-3-19(21,4-2)14-22-17-11-9-15(10-12-17)13-16-7-5-6-8-18(16)20/h5-12H,3-4,13-14H2,1-2H3. The molecule has 2 rings (SSSR count). The van der Waals surface area contributed by atoms with Gasteiger partial charge in [-0.25, -0.2) is 4.39 Å². The highest BCUT2D eigenvalue weighted by molar-refractivity contribution is 6.31. The van der Waals surface area contributed by atoms with Crippen molar-refractivity contribution >= 4 is 11.6 Å². The van der Waals surface area contributed by atoms with Gasteiger partial charge in [0.1, 0.15) is 18.0 Å². The lowest BCUT2D eigenvalue weighted by Gasteiger charge is -2.22. The van der Waals surface area contributed by atoms with Gasteiger partial charge in [-0.2, -0.15) is 0 Å². The molecule has 2 aromatic rings. The second-order valence-electron chi connectivity index (χ2n) is 5.56. The fourth-order valence-electron chi connectivity index (χ4n) is 2.23. The predicted octanol–water partition coefficient (Wildman–Crippen LogP) is 5.84. The van der Waals surface area contributed by atoms with Crippen LogP contribution >= 0.6 is 11.6 Å². The Balaban J connectivity index is 1.97. The molecule has 0 radical (unpaired) electrons. The summed E-state index contributed by atoms with van der Waals surface area (Å²) in [5, 5.41) is 0.774. The Morgan fingerprint density at radius 1 is 1.00 bits per heavy atom. The largest absolute Gasteiger partial charge is 0.490 e. The lowest BCUT2D eigenvalue weighted by Crippen LogP contribution is -2.29. The van der Waals surface area contributed by atoms with E-state index in [0.29, 0.717) is 18.6 Å². The van der Waals surface area contributed by atoms with Gasteiger partial charge in [0.2, 0.25) is 0 Å². The van der Waals surface area contributed by atoms with Crippen molar-refractivity contribution < 1.29 is 9.13 Å². The molecule has 2 aromatic carbocycles. The van der Waals surface area contributed by atoms with E-state index in [1.165, 1.54) is 0 Å². The van der Waals surface area contributed by atoms with Crippen LogP contribution in [0.4, 0.5) is 4.39 Å². The van der Waals surface area contributed by atoms with Crippen LogP contribution in [0.5, 0.6) is 5.75 Å². The van der Waals surface area contributed by atoms with E-state index < -0.39 is 5.67 Å². The molecule has 0 aliphatic heterocycles. The van der Waals surface area contributed by atoms with Gasteiger partial charge >= 0.3 is 0 Å². The smallest absolute Gasteiger partial charge is 0.144 e. The topological polar surface area (TPSA) is 9.23 Å². The van der Waals surface area contributed by atoms with Crippen LogP contribution in [0.15, 0.2) is 48.5 Å². The Labute approximate surface area is 137 Å². The zero-order valence-electron chi connectivity index (χ0n) is 13.1. The zero-order chi connectivity index (χ0) is 16.0. The molecule has 0 aromatic heterocycles. The van der Waals surface area contributed by atoms with Crippen molar-refractivity contribution in [3.05, 3.63) is 64.7 Å². The van der Waals surface area contributed by atoms with Crippen LogP contribution in [0.2, 0.25) is 5.02 Å². The molecule has 0 aliphatic rings. The SMILES string of the molecule is CCC(F)(CC)COc1ccc(Cc2ccccc2Cl)cc1. The van der Waals surface area contributed by atoms with Gasteiger partial charge in [-0.1, -0.05) is 55.8 Å². The fraction of sp³-hybridized carbons (Fsp3) is 0.368. The summed E-state index contributed by atoms with van der Waals surface area (Å²) in [5.41, 5.74) is 1.01. The molecule has 0 unspecified atom stereocenters. The normalized spacial score (nSPS) is 11.5. The van der Waals surface area contributed by atoms with Crippen molar-refractivity contribution in [3.8, 4) is 5.75 Å². The van der Waals surface area contributed by atoms with E-state index in [1.807, 2.05) is 62.4 Å². The molecule has 0 saturated heterocycles. The van der Waals surface area contributed by atoms with Crippen LogP contribution in [0, 0.1) is 0 Å². The summed E-state index contributed by atoms with van der Waals surface area (Å²) in [6.07, 6.45) is 1.71. The molecule has 0 N–H and O–H groups in total. The molecule has 0 saturated carbocycles. The van der Waals surface area contributed by atoms with Gasteiger partial charge in [-0.15, -0.1) is 0 Å². The summed E-state index contributed by atoms with van der Waals surface area (Å²) in [4.78, 5) is 0. The summed E-state index contributed by atoms with van der Waals surface area (Å²) in [6, 6.07) is 15.6. The second kappa shape index (κ2) is 7.64. The number of rotatable bonds is 7. The first-order chi connectivity index (χ1) is 10.6. The molecule has 0 amide bonds. The Morgan fingerprint density at radius 3 is 2.23 bits per heavy atom. The molecule has 0 heterocycles. The summed E-state index contributed by atoms with van der Waals surface area (Å²) >= 11 is 6.17. The first kappa shape index (κ1) is 16.8. The minimum Gasteiger partial charge on any atom is -0.490 e. The zero-order valence-corrected chi connectivity index (χ0v) is 13.9. The number of halogens is 2. The van der Waals surface area contributed by atoms with Crippen molar-refractivity contribution in [2.45, 2.75) is 38.8 Å². The minimum atomic E-state index is -1.24. The van der Waals surface area contributed by atoms with Crippen molar-refractivity contribution in [2.24, 2.45) is 0 Å². The van der Waals surface area contributed by atoms with Crippen molar-refractivity contribution in [1.29, 1.82) is 0 Å². The van der Waals surface area contributed by atoms with E-state index >= 15 is 0 Å². The first-order valence-electron chi connectivity index (χ1n) is 7.70. The Bertz CT molecular complexity index is 591. The summed E-state index contributed by atoms with van der Waals surface area (Å²) < 4.78 is 19.8. The molecular formula is C19H22ClFO. The summed E-state index contributed by atoms with van der Waals surface area (Å²) in [5.74, 6) is 0.701. The van der Waals surface area contributed by atoms with E-state index in [0.717, 1.165) is 22.6 Å². The molecule has 0 atom stereocenters. The van der Waals surface area contributed by atoms with Gasteiger partial charge in [-0.05, 0) is 48.6 Å². The van der Waals surface area contributed by atoms with Crippen molar-refractivity contribution in [3.63, 3.8) is 0 Å². The monoisotopic (exact) mass is 320 g/mol. The highest BCUT2D eigenvalue weighted by Crippen LogP contribution is 2.24. The molecule has 0 spiro atoms. The Morgan fingerprint density at radius 2 is 1.64 bits per heavy atom. The molecule has 118 valence electrons. The van der Waals surface area contributed by atoms with E-state index in [1.54, 1.807) is 0 Å². The number of ether oxygens (including phenoxy) is 1. The maximum atomic E-state index is 14.2. The van der Waals surface area contributed by atoms with Crippen LogP contribution in [0.3, 0.4) is 0 Å². The molecule has 3 heteroatoms. The first-order valence-corrected chi connectivity index (χ1v) is 8.08. The third kappa shape index (κ3) is 4.48. The van der Waals surface area contributed by atoms with Gasteiger partial charge in [0.25, 0.3) is 0 Å². The second-order valence-corrected chi connectivity index (χ2v) is 5.97. The van der Waals surface area contributed by atoms with Crippen LogP contribution < -0.4 is 4.74 Å².